The van der Waals surface area contributed by atoms with Crippen LogP contribution >= 0.6 is 0 Å². The van der Waals surface area contributed by atoms with Crippen LogP contribution in [0, 0.1) is 0 Å². The number of ether oxygens (including phenoxy) is 3. The summed E-state index contributed by atoms with van der Waals surface area (Å²) < 4.78 is 16.2. The number of pyridine rings is 1. The van der Waals surface area contributed by atoms with Gasteiger partial charge >= 0.3 is 0 Å². The van der Waals surface area contributed by atoms with E-state index in [-0.39, 0.29) is 18.0 Å². The standard InChI is InChI=1S/C22H36N4O5/c1-4-30-20-16(6-5-9-24-22(28)29-3)12-17(13-25-20)15(2)26(18-7-8-18)21(27)19-14-23-10-11-31-19/h12-13,15,18-19,22-24,28H,4-11,14H2,1-3H3/t15-,19-,22?/m1/s1. The summed E-state index contributed by atoms with van der Waals surface area (Å²) in [4.78, 5) is 19.8. The Morgan fingerprint density at radius 2 is 2.29 bits per heavy atom. The number of aromatic nitrogens is 1. The summed E-state index contributed by atoms with van der Waals surface area (Å²) in [6.07, 6.45) is 4.00. The average molecular weight is 437 g/mol. The quantitative estimate of drug-likeness (QED) is 0.329. The van der Waals surface area contributed by atoms with Crippen molar-refractivity contribution in [1.82, 2.24) is 20.5 Å². The lowest BCUT2D eigenvalue weighted by Crippen LogP contribution is -2.50. The maximum absolute atomic E-state index is 13.2. The Balaban J connectivity index is 1.72. The van der Waals surface area contributed by atoms with E-state index in [2.05, 4.69) is 28.6 Å². The van der Waals surface area contributed by atoms with Crippen molar-refractivity contribution >= 4 is 5.91 Å². The van der Waals surface area contributed by atoms with E-state index in [0.717, 1.165) is 43.4 Å². The van der Waals surface area contributed by atoms with Crippen molar-refractivity contribution in [2.45, 2.75) is 64.1 Å². The molecule has 1 aromatic rings. The summed E-state index contributed by atoms with van der Waals surface area (Å²) in [6.45, 7) is 7.03. The fourth-order valence-electron chi connectivity index (χ4n) is 3.87. The van der Waals surface area contributed by atoms with Crippen molar-refractivity contribution in [2.75, 3.05) is 40.0 Å². The van der Waals surface area contributed by atoms with Gasteiger partial charge in [-0.3, -0.25) is 10.1 Å². The number of amides is 1. The predicted molar refractivity (Wildman–Crippen MR) is 116 cm³/mol. The molecule has 1 saturated carbocycles. The van der Waals surface area contributed by atoms with Crippen molar-refractivity contribution in [3.05, 3.63) is 23.4 Å². The highest BCUT2D eigenvalue weighted by molar-refractivity contribution is 5.82. The summed E-state index contributed by atoms with van der Waals surface area (Å²) in [5.74, 6) is 0.672. The molecule has 2 heterocycles. The van der Waals surface area contributed by atoms with Crippen LogP contribution in [-0.2, 0) is 20.7 Å². The second kappa shape index (κ2) is 11.7. The van der Waals surface area contributed by atoms with Crippen LogP contribution in [-0.4, -0.2) is 79.4 Å². The number of methoxy groups -OCH3 is 1. The molecule has 0 radical (unpaired) electrons. The number of carbonyl (C=O) groups is 1. The SMILES string of the molecule is CCOc1ncc([C@@H](C)N(C(=O)[C@H]2CNCCO2)C2CC2)cc1CCCNC(O)OC. The number of carbonyl (C=O) groups excluding carboxylic acids is 1. The Hall–Kier alpha value is -1.78. The van der Waals surface area contributed by atoms with Gasteiger partial charge in [0.2, 0.25) is 12.3 Å². The van der Waals surface area contributed by atoms with Gasteiger partial charge in [-0.2, -0.15) is 0 Å². The molecule has 1 aromatic heterocycles. The Morgan fingerprint density at radius 3 is 2.94 bits per heavy atom. The highest BCUT2D eigenvalue weighted by Crippen LogP contribution is 2.36. The Kier molecular flexibility index (Phi) is 9.03. The molecule has 2 aliphatic rings. The zero-order valence-corrected chi connectivity index (χ0v) is 18.8. The van der Waals surface area contributed by atoms with E-state index in [9.17, 15) is 9.90 Å². The first-order valence-electron chi connectivity index (χ1n) is 11.3. The largest absolute Gasteiger partial charge is 0.478 e. The third kappa shape index (κ3) is 6.60. The number of aliphatic hydroxyl groups is 1. The Labute approximate surface area is 184 Å². The first-order valence-corrected chi connectivity index (χ1v) is 11.3. The minimum atomic E-state index is -0.967. The van der Waals surface area contributed by atoms with Crippen molar-refractivity contribution in [1.29, 1.82) is 0 Å². The van der Waals surface area contributed by atoms with E-state index in [1.165, 1.54) is 7.11 Å². The first-order chi connectivity index (χ1) is 15.0. The number of aliphatic hydroxyl groups excluding tert-OH is 1. The summed E-state index contributed by atoms with van der Waals surface area (Å²) in [6, 6.07) is 2.27. The van der Waals surface area contributed by atoms with Crippen LogP contribution in [0.2, 0.25) is 0 Å². The molecule has 0 bridgehead atoms. The van der Waals surface area contributed by atoms with Crippen LogP contribution < -0.4 is 15.4 Å². The molecule has 3 rings (SSSR count). The number of nitrogens with one attached hydrogen (secondary N) is 2. The van der Waals surface area contributed by atoms with Crippen molar-refractivity contribution in [2.24, 2.45) is 0 Å². The number of morpholine rings is 1. The smallest absolute Gasteiger partial charge is 0.253 e. The molecule has 3 N–H and O–H groups in total. The van der Waals surface area contributed by atoms with E-state index >= 15 is 0 Å². The van der Waals surface area contributed by atoms with Gasteiger partial charge in [-0.15, -0.1) is 0 Å². The number of hydrogen-bond donors (Lipinski definition) is 3. The minimum Gasteiger partial charge on any atom is -0.478 e. The molecule has 2 fully saturated rings. The molecule has 31 heavy (non-hydrogen) atoms. The molecule has 1 aliphatic heterocycles. The molecule has 1 saturated heterocycles. The fourth-order valence-corrected chi connectivity index (χ4v) is 3.87. The topological polar surface area (TPSA) is 105 Å². The van der Waals surface area contributed by atoms with Gasteiger partial charge in [-0.25, -0.2) is 4.98 Å². The van der Waals surface area contributed by atoms with Gasteiger partial charge in [0.1, 0.15) is 6.10 Å². The summed E-state index contributed by atoms with van der Waals surface area (Å²) in [5.41, 5.74) is 1.99. The van der Waals surface area contributed by atoms with Crippen LogP contribution in [0.3, 0.4) is 0 Å². The summed E-state index contributed by atoms with van der Waals surface area (Å²) in [5, 5.41) is 15.6. The van der Waals surface area contributed by atoms with Crippen LogP contribution in [0.1, 0.15) is 50.3 Å². The summed E-state index contributed by atoms with van der Waals surface area (Å²) in [7, 11) is 1.45. The number of nitrogens with zero attached hydrogens (tertiary/aromatic N) is 2. The van der Waals surface area contributed by atoms with Gasteiger partial charge in [0, 0.05) is 44.5 Å². The van der Waals surface area contributed by atoms with Gasteiger partial charge in [-0.1, -0.05) is 0 Å². The Bertz CT molecular complexity index is 709. The molecule has 0 aromatic carbocycles. The van der Waals surface area contributed by atoms with Gasteiger partial charge < -0.3 is 29.5 Å². The van der Waals surface area contributed by atoms with Crippen LogP contribution in [0.15, 0.2) is 12.3 Å². The maximum Gasteiger partial charge on any atom is 0.253 e. The van der Waals surface area contributed by atoms with Gasteiger partial charge in [0.25, 0.3) is 5.91 Å². The third-order valence-corrected chi connectivity index (χ3v) is 5.69. The van der Waals surface area contributed by atoms with Crippen LogP contribution in [0.4, 0.5) is 0 Å². The first kappa shape index (κ1) is 23.9. The van der Waals surface area contributed by atoms with Crippen molar-refractivity contribution in [3.8, 4) is 5.88 Å². The lowest BCUT2D eigenvalue weighted by atomic mass is 10.0. The molecule has 174 valence electrons. The minimum absolute atomic E-state index is 0.0513. The molecule has 9 nitrogen and oxygen atoms in total. The molecular formula is C22H36N4O5. The maximum atomic E-state index is 13.2. The fraction of sp³-hybridized carbons (Fsp3) is 0.727. The van der Waals surface area contributed by atoms with Crippen LogP contribution in [0.5, 0.6) is 5.88 Å². The highest BCUT2D eigenvalue weighted by Gasteiger charge is 2.40. The van der Waals surface area contributed by atoms with Gasteiger partial charge in [0.05, 0.1) is 19.3 Å². The zero-order chi connectivity index (χ0) is 22.2. The van der Waals surface area contributed by atoms with E-state index in [1.807, 2.05) is 18.0 Å². The lowest BCUT2D eigenvalue weighted by molar-refractivity contribution is -0.148. The van der Waals surface area contributed by atoms with Gasteiger partial charge in [-0.05, 0) is 51.2 Å². The van der Waals surface area contributed by atoms with E-state index in [4.69, 9.17) is 14.2 Å². The van der Waals surface area contributed by atoms with E-state index in [0.29, 0.717) is 32.2 Å². The van der Waals surface area contributed by atoms with E-state index < -0.39 is 12.5 Å². The summed E-state index contributed by atoms with van der Waals surface area (Å²) >= 11 is 0. The second-order valence-electron chi connectivity index (χ2n) is 8.03. The average Bonchev–Trinajstić information content (AvgIpc) is 3.63. The predicted octanol–water partition coefficient (Wildman–Crippen LogP) is 0.965. The molecular weight excluding hydrogens is 400 g/mol. The monoisotopic (exact) mass is 436 g/mol. The number of rotatable bonds is 12. The highest BCUT2D eigenvalue weighted by atomic mass is 16.6. The number of aryl methyl sites for hydroxylation is 1. The lowest BCUT2D eigenvalue weighted by Gasteiger charge is -2.34. The Morgan fingerprint density at radius 1 is 1.48 bits per heavy atom. The molecule has 1 amide bonds. The normalized spacial score (nSPS) is 20.8. The molecule has 1 aliphatic carbocycles. The zero-order valence-electron chi connectivity index (χ0n) is 18.8. The van der Waals surface area contributed by atoms with E-state index in [1.54, 1.807) is 0 Å². The third-order valence-electron chi connectivity index (χ3n) is 5.69. The molecule has 3 atom stereocenters. The molecule has 1 unspecified atom stereocenters. The van der Waals surface area contributed by atoms with Crippen LogP contribution in [0.25, 0.3) is 0 Å². The van der Waals surface area contributed by atoms with Gasteiger partial charge in [0.15, 0.2) is 0 Å². The van der Waals surface area contributed by atoms with Crippen molar-refractivity contribution in [3.63, 3.8) is 0 Å². The second-order valence-corrected chi connectivity index (χ2v) is 8.03. The van der Waals surface area contributed by atoms with Crippen molar-refractivity contribution < 1.29 is 24.1 Å². The molecule has 9 heteroatoms. The number of hydrogen-bond acceptors (Lipinski definition) is 8. The molecule has 0 spiro atoms.